The van der Waals surface area contributed by atoms with Gasteiger partial charge in [-0.25, -0.2) is 9.97 Å². The van der Waals surface area contributed by atoms with Crippen molar-refractivity contribution < 1.29 is 14.3 Å². The maximum absolute atomic E-state index is 13.0. The van der Waals surface area contributed by atoms with E-state index < -0.39 is 0 Å². The maximum Gasteiger partial charge on any atom is 0.274 e. The summed E-state index contributed by atoms with van der Waals surface area (Å²) < 4.78 is 10.7. The normalized spacial score (nSPS) is 15.1. The summed E-state index contributed by atoms with van der Waals surface area (Å²) in [7, 11) is 1.66. The van der Waals surface area contributed by atoms with Gasteiger partial charge in [-0.2, -0.15) is 5.10 Å². The molecule has 8 nitrogen and oxygen atoms in total. The van der Waals surface area contributed by atoms with Crippen LogP contribution in [0.1, 0.15) is 46.3 Å². The van der Waals surface area contributed by atoms with E-state index in [1.54, 1.807) is 7.11 Å². The summed E-state index contributed by atoms with van der Waals surface area (Å²) >= 11 is 0. The summed E-state index contributed by atoms with van der Waals surface area (Å²) in [6.45, 7) is 4.83. The molecule has 0 aliphatic carbocycles. The van der Waals surface area contributed by atoms with Crippen molar-refractivity contribution >= 4 is 16.8 Å². The SMILES string of the molecule is COCCOCc1cnc(C)nc1C1CCN(C(=O)c2n[nH]c3ccccc23)CC1. The zero-order valence-electron chi connectivity index (χ0n) is 17.4. The van der Waals surface area contributed by atoms with Crippen molar-refractivity contribution in [2.45, 2.75) is 32.3 Å². The molecule has 1 saturated heterocycles. The molecule has 0 radical (unpaired) electrons. The quantitative estimate of drug-likeness (QED) is 0.603. The zero-order valence-corrected chi connectivity index (χ0v) is 17.4. The second kappa shape index (κ2) is 9.32. The van der Waals surface area contributed by atoms with E-state index in [0.29, 0.717) is 38.6 Å². The monoisotopic (exact) mass is 409 g/mol. The minimum atomic E-state index is -0.0205. The van der Waals surface area contributed by atoms with Crippen molar-refractivity contribution in [1.82, 2.24) is 25.1 Å². The van der Waals surface area contributed by atoms with Gasteiger partial charge in [0.15, 0.2) is 5.69 Å². The van der Waals surface area contributed by atoms with Gasteiger partial charge in [-0.1, -0.05) is 18.2 Å². The number of methoxy groups -OCH3 is 1. The van der Waals surface area contributed by atoms with Crippen molar-refractivity contribution in [1.29, 1.82) is 0 Å². The molecule has 30 heavy (non-hydrogen) atoms. The Morgan fingerprint density at radius 2 is 2.03 bits per heavy atom. The van der Waals surface area contributed by atoms with Crippen LogP contribution in [0, 0.1) is 6.92 Å². The van der Waals surface area contributed by atoms with Crippen molar-refractivity contribution in [2.24, 2.45) is 0 Å². The molecule has 4 rings (SSSR count). The van der Waals surface area contributed by atoms with Crippen molar-refractivity contribution in [3.8, 4) is 0 Å². The number of carbonyl (C=O) groups excluding carboxylic acids is 1. The second-order valence-corrected chi connectivity index (χ2v) is 7.56. The number of para-hydroxylation sites is 1. The first kappa shape index (κ1) is 20.4. The van der Waals surface area contributed by atoms with E-state index >= 15 is 0 Å². The van der Waals surface area contributed by atoms with Gasteiger partial charge in [0.1, 0.15) is 5.82 Å². The first-order valence-corrected chi connectivity index (χ1v) is 10.3. The van der Waals surface area contributed by atoms with E-state index in [0.717, 1.165) is 40.8 Å². The lowest BCUT2D eigenvalue weighted by molar-refractivity contribution is 0.0604. The molecular weight excluding hydrogens is 382 g/mol. The lowest BCUT2D eigenvalue weighted by Gasteiger charge is -2.32. The number of carbonyl (C=O) groups is 1. The summed E-state index contributed by atoms with van der Waals surface area (Å²) in [5.74, 6) is 1.02. The average Bonchev–Trinajstić information content (AvgIpc) is 3.21. The molecule has 0 unspecified atom stereocenters. The van der Waals surface area contributed by atoms with Crippen LogP contribution in [0.3, 0.4) is 0 Å². The number of aryl methyl sites for hydroxylation is 1. The van der Waals surface area contributed by atoms with Gasteiger partial charge in [-0.15, -0.1) is 0 Å². The van der Waals surface area contributed by atoms with E-state index in [-0.39, 0.29) is 11.8 Å². The maximum atomic E-state index is 13.0. The predicted molar refractivity (Wildman–Crippen MR) is 112 cm³/mol. The molecule has 1 aliphatic heterocycles. The topological polar surface area (TPSA) is 93.2 Å². The van der Waals surface area contributed by atoms with Crippen molar-refractivity contribution in [3.63, 3.8) is 0 Å². The molecule has 1 aliphatic rings. The largest absolute Gasteiger partial charge is 0.382 e. The van der Waals surface area contributed by atoms with Crippen LogP contribution in [-0.4, -0.2) is 64.4 Å². The third kappa shape index (κ3) is 4.34. The number of H-pyrrole nitrogens is 1. The van der Waals surface area contributed by atoms with Gasteiger partial charge in [0.25, 0.3) is 5.91 Å². The number of benzene rings is 1. The number of piperidine rings is 1. The predicted octanol–water partition coefficient (Wildman–Crippen LogP) is 2.84. The van der Waals surface area contributed by atoms with Gasteiger partial charge in [0, 0.05) is 43.3 Å². The smallest absolute Gasteiger partial charge is 0.274 e. The van der Waals surface area contributed by atoms with Gasteiger partial charge < -0.3 is 14.4 Å². The van der Waals surface area contributed by atoms with Gasteiger partial charge in [-0.3, -0.25) is 9.89 Å². The Morgan fingerprint density at radius 3 is 2.83 bits per heavy atom. The van der Waals surface area contributed by atoms with Crippen LogP contribution in [0.5, 0.6) is 0 Å². The van der Waals surface area contributed by atoms with E-state index in [2.05, 4.69) is 15.2 Å². The van der Waals surface area contributed by atoms with Crippen LogP contribution in [0.4, 0.5) is 0 Å². The Bertz CT molecular complexity index is 1010. The highest BCUT2D eigenvalue weighted by molar-refractivity contribution is 6.04. The van der Waals surface area contributed by atoms with Gasteiger partial charge in [-0.05, 0) is 25.8 Å². The molecule has 1 fully saturated rings. The summed E-state index contributed by atoms with van der Waals surface area (Å²) in [5, 5.41) is 8.07. The fraction of sp³-hybridized carbons (Fsp3) is 0.455. The summed E-state index contributed by atoms with van der Waals surface area (Å²) in [4.78, 5) is 24.0. The molecule has 1 N–H and O–H groups in total. The molecule has 3 aromatic rings. The molecule has 0 saturated carbocycles. The van der Waals surface area contributed by atoms with E-state index in [9.17, 15) is 4.79 Å². The molecule has 0 atom stereocenters. The molecule has 158 valence electrons. The molecule has 1 aromatic carbocycles. The minimum Gasteiger partial charge on any atom is -0.382 e. The fourth-order valence-electron chi connectivity index (χ4n) is 3.93. The van der Waals surface area contributed by atoms with Crippen molar-refractivity contribution in [2.75, 3.05) is 33.4 Å². The van der Waals surface area contributed by atoms with Gasteiger partial charge in [0.05, 0.1) is 31.0 Å². The highest BCUT2D eigenvalue weighted by Crippen LogP contribution is 2.30. The molecule has 3 heterocycles. The van der Waals surface area contributed by atoms with Crippen molar-refractivity contribution in [3.05, 3.63) is 53.2 Å². The number of hydrogen-bond acceptors (Lipinski definition) is 6. The Morgan fingerprint density at radius 1 is 1.23 bits per heavy atom. The standard InChI is InChI=1S/C22H27N5O3/c1-15-23-13-17(14-30-12-11-29-2)20(24-15)16-7-9-27(10-8-16)22(28)21-18-5-3-4-6-19(18)25-26-21/h3-6,13,16H,7-12,14H2,1-2H3,(H,25,26). The highest BCUT2D eigenvalue weighted by Gasteiger charge is 2.28. The molecule has 1 amide bonds. The molecule has 0 spiro atoms. The Labute approximate surface area is 175 Å². The van der Waals surface area contributed by atoms with E-state index in [1.165, 1.54) is 0 Å². The number of aromatic nitrogens is 4. The summed E-state index contributed by atoms with van der Waals surface area (Å²) in [5.41, 5.74) is 3.43. The summed E-state index contributed by atoms with van der Waals surface area (Å²) in [6, 6.07) is 7.71. The Kier molecular flexibility index (Phi) is 6.35. The third-order valence-electron chi connectivity index (χ3n) is 5.55. The third-order valence-corrected chi connectivity index (χ3v) is 5.55. The van der Waals surface area contributed by atoms with Crippen LogP contribution >= 0.6 is 0 Å². The summed E-state index contributed by atoms with van der Waals surface area (Å²) in [6.07, 6.45) is 3.57. The van der Waals surface area contributed by atoms with Crippen LogP contribution in [-0.2, 0) is 16.1 Å². The zero-order chi connectivity index (χ0) is 20.9. The fourth-order valence-corrected chi connectivity index (χ4v) is 3.93. The first-order chi connectivity index (χ1) is 14.7. The lowest BCUT2D eigenvalue weighted by atomic mass is 9.90. The number of fused-ring (bicyclic) bond motifs is 1. The first-order valence-electron chi connectivity index (χ1n) is 10.3. The number of amides is 1. The molecular formula is C22H27N5O3. The van der Waals surface area contributed by atoms with E-state index in [4.69, 9.17) is 14.5 Å². The van der Waals surface area contributed by atoms with Crippen LogP contribution < -0.4 is 0 Å². The Balaban J connectivity index is 1.43. The van der Waals surface area contributed by atoms with Gasteiger partial charge in [0.2, 0.25) is 0 Å². The number of rotatable bonds is 7. The number of ether oxygens (including phenoxy) is 2. The van der Waals surface area contributed by atoms with Crippen LogP contribution in [0.2, 0.25) is 0 Å². The van der Waals surface area contributed by atoms with Crippen LogP contribution in [0.15, 0.2) is 30.5 Å². The van der Waals surface area contributed by atoms with Crippen LogP contribution in [0.25, 0.3) is 10.9 Å². The second-order valence-electron chi connectivity index (χ2n) is 7.56. The molecule has 2 aromatic heterocycles. The van der Waals surface area contributed by atoms with Gasteiger partial charge >= 0.3 is 0 Å². The number of aromatic amines is 1. The number of likely N-dealkylation sites (tertiary alicyclic amines) is 1. The number of nitrogens with one attached hydrogen (secondary N) is 1. The molecule has 8 heteroatoms. The lowest BCUT2D eigenvalue weighted by Crippen LogP contribution is -2.38. The highest BCUT2D eigenvalue weighted by atomic mass is 16.5. The Hall–Kier alpha value is -2.84. The minimum absolute atomic E-state index is 0.0205. The average molecular weight is 409 g/mol. The molecule has 0 bridgehead atoms. The number of hydrogen-bond donors (Lipinski definition) is 1. The number of nitrogens with zero attached hydrogens (tertiary/aromatic N) is 4. The van der Waals surface area contributed by atoms with E-state index in [1.807, 2.05) is 42.3 Å².